The molecular formula is C15H17BrClN3O3S. The number of aromatic nitrogens is 1. The molecule has 1 N–H and O–H groups in total. The Morgan fingerprint density at radius 3 is 2.88 bits per heavy atom. The Morgan fingerprint density at radius 1 is 1.46 bits per heavy atom. The van der Waals surface area contributed by atoms with Gasteiger partial charge in [-0.15, -0.1) is 11.3 Å². The molecule has 2 aromatic rings. The Labute approximate surface area is 157 Å². The number of benzene rings is 1. The van der Waals surface area contributed by atoms with Gasteiger partial charge in [-0.1, -0.05) is 31.4 Å². The first-order valence-electron chi connectivity index (χ1n) is 7.46. The fourth-order valence-corrected chi connectivity index (χ4v) is 3.39. The van der Waals surface area contributed by atoms with Crippen LogP contribution in [0.2, 0.25) is 4.47 Å². The molecule has 0 atom stereocenters. The molecule has 0 fully saturated rings. The van der Waals surface area contributed by atoms with Crippen molar-refractivity contribution in [2.24, 2.45) is 0 Å². The van der Waals surface area contributed by atoms with Crippen LogP contribution in [0.3, 0.4) is 0 Å². The maximum absolute atomic E-state index is 11.3. The highest BCUT2D eigenvalue weighted by Gasteiger charge is 2.18. The van der Waals surface area contributed by atoms with Gasteiger partial charge in [0, 0.05) is 23.2 Å². The van der Waals surface area contributed by atoms with Crippen molar-refractivity contribution in [3.8, 4) is 5.75 Å². The molecule has 1 heterocycles. The van der Waals surface area contributed by atoms with Crippen LogP contribution in [-0.4, -0.2) is 16.5 Å². The summed E-state index contributed by atoms with van der Waals surface area (Å²) >= 11 is 10.5. The lowest BCUT2D eigenvalue weighted by molar-refractivity contribution is -0.384. The normalized spacial score (nSPS) is 10.6. The van der Waals surface area contributed by atoms with Crippen molar-refractivity contribution in [3.05, 3.63) is 42.3 Å². The fraction of sp³-hybridized carbons (Fsp3) is 0.400. The summed E-state index contributed by atoms with van der Waals surface area (Å²) in [6, 6.07) is 3.11. The number of halogens is 2. The molecule has 0 spiro atoms. The molecule has 0 radical (unpaired) electrons. The maximum atomic E-state index is 11.3. The number of rotatable bonds is 9. The van der Waals surface area contributed by atoms with Gasteiger partial charge in [-0.2, -0.15) is 0 Å². The lowest BCUT2D eigenvalue weighted by Crippen LogP contribution is -2.04. The Morgan fingerprint density at radius 2 is 2.25 bits per heavy atom. The van der Waals surface area contributed by atoms with Gasteiger partial charge < -0.3 is 10.1 Å². The standard InChI is InChI=1S/C15H17BrClN3O3S/c1-2-3-4-5-23-14-7-12(13(20(21)22)6-11(14)16)18-8-10-9-19-15(17)24-10/h6-7,9,18H,2-5,8H2,1H3. The summed E-state index contributed by atoms with van der Waals surface area (Å²) in [6.45, 7) is 3.10. The summed E-state index contributed by atoms with van der Waals surface area (Å²) in [7, 11) is 0. The van der Waals surface area contributed by atoms with Gasteiger partial charge in [-0.3, -0.25) is 10.1 Å². The van der Waals surface area contributed by atoms with Crippen LogP contribution in [-0.2, 0) is 6.54 Å². The predicted molar refractivity (Wildman–Crippen MR) is 100 cm³/mol. The van der Waals surface area contributed by atoms with Crippen LogP contribution in [0.15, 0.2) is 22.8 Å². The van der Waals surface area contributed by atoms with Gasteiger partial charge in [-0.25, -0.2) is 4.98 Å². The minimum Gasteiger partial charge on any atom is -0.492 e. The summed E-state index contributed by atoms with van der Waals surface area (Å²) in [4.78, 5) is 15.7. The summed E-state index contributed by atoms with van der Waals surface area (Å²) < 4.78 is 6.74. The predicted octanol–water partition coefficient (Wildman–Crippen LogP) is 5.65. The number of thiazole rings is 1. The molecule has 0 unspecified atom stereocenters. The quantitative estimate of drug-likeness (QED) is 0.313. The van der Waals surface area contributed by atoms with Gasteiger partial charge in [0.1, 0.15) is 11.4 Å². The summed E-state index contributed by atoms with van der Waals surface area (Å²) in [5.41, 5.74) is 0.386. The molecule has 0 aliphatic rings. The van der Waals surface area contributed by atoms with Crippen molar-refractivity contribution in [3.63, 3.8) is 0 Å². The number of unbranched alkanes of at least 4 members (excludes halogenated alkanes) is 2. The zero-order chi connectivity index (χ0) is 17.5. The maximum Gasteiger partial charge on any atom is 0.293 e. The van der Waals surface area contributed by atoms with E-state index in [1.54, 1.807) is 12.3 Å². The molecule has 0 bridgehead atoms. The number of nitrogens with zero attached hydrogens (tertiary/aromatic N) is 2. The molecule has 0 aliphatic heterocycles. The zero-order valence-corrected chi connectivity index (χ0v) is 16.2. The number of ether oxygens (including phenoxy) is 1. The van der Waals surface area contributed by atoms with Gasteiger partial charge in [-0.05, 0) is 22.4 Å². The van der Waals surface area contributed by atoms with Gasteiger partial charge in [0.05, 0.1) is 22.5 Å². The van der Waals surface area contributed by atoms with Gasteiger partial charge >= 0.3 is 0 Å². The van der Waals surface area contributed by atoms with E-state index in [2.05, 4.69) is 33.2 Å². The molecule has 130 valence electrons. The second-order valence-electron chi connectivity index (χ2n) is 5.05. The van der Waals surface area contributed by atoms with Crippen LogP contribution in [0, 0.1) is 10.1 Å². The van der Waals surface area contributed by atoms with Gasteiger partial charge in [0.25, 0.3) is 5.69 Å². The minimum absolute atomic E-state index is 0.0154. The van der Waals surface area contributed by atoms with E-state index in [-0.39, 0.29) is 5.69 Å². The van der Waals surface area contributed by atoms with E-state index in [1.165, 1.54) is 17.4 Å². The molecular weight excluding hydrogens is 418 g/mol. The third kappa shape index (κ3) is 5.32. The van der Waals surface area contributed by atoms with Crippen LogP contribution >= 0.6 is 38.9 Å². The second-order valence-corrected chi connectivity index (χ2v) is 7.60. The topological polar surface area (TPSA) is 77.3 Å². The van der Waals surface area contributed by atoms with E-state index in [1.807, 2.05) is 0 Å². The van der Waals surface area contributed by atoms with Crippen LogP contribution in [0.4, 0.5) is 11.4 Å². The van der Waals surface area contributed by atoms with E-state index in [0.29, 0.717) is 33.5 Å². The van der Waals surface area contributed by atoms with E-state index in [0.717, 1.165) is 24.1 Å². The fourth-order valence-electron chi connectivity index (χ4n) is 2.03. The number of nitro groups is 1. The molecule has 0 amide bonds. The molecule has 2 rings (SSSR count). The van der Waals surface area contributed by atoms with Crippen molar-refractivity contribution in [2.75, 3.05) is 11.9 Å². The number of hydrogen-bond donors (Lipinski definition) is 1. The Kier molecular flexibility index (Phi) is 7.26. The first-order valence-corrected chi connectivity index (χ1v) is 9.44. The third-order valence-corrected chi connectivity index (χ3v) is 4.97. The van der Waals surface area contributed by atoms with Crippen LogP contribution in [0.5, 0.6) is 5.75 Å². The lowest BCUT2D eigenvalue weighted by Gasteiger charge is -2.12. The monoisotopic (exact) mass is 433 g/mol. The van der Waals surface area contributed by atoms with Crippen LogP contribution in [0.1, 0.15) is 31.1 Å². The summed E-state index contributed by atoms with van der Waals surface area (Å²) in [5.74, 6) is 0.585. The van der Waals surface area contributed by atoms with E-state index >= 15 is 0 Å². The Hall–Kier alpha value is -1.38. The summed E-state index contributed by atoms with van der Waals surface area (Å²) in [5, 5.41) is 14.3. The van der Waals surface area contributed by atoms with Crippen molar-refractivity contribution in [1.82, 2.24) is 4.98 Å². The first kappa shape index (κ1) is 19.0. The second kappa shape index (κ2) is 9.19. The van der Waals surface area contributed by atoms with Crippen molar-refractivity contribution < 1.29 is 9.66 Å². The van der Waals surface area contributed by atoms with Gasteiger partial charge in [0.15, 0.2) is 4.47 Å². The number of nitrogens with one attached hydrogen (secondary N) is 1. The largest absolute Gasteiger partial charge is 0.492 e. The average molecular weight is 435 g/mol. The van der Waals surface area contributed by atoms with Crippen molar-refractivity contribution in [2.45, 2.75) is 32.7 Å². The Bertz CT molecular complexity index is 711. The molecule has 0 saturated carbocycles. The molecule has 0 saturated heterocycles. The van der Waals surface area contributed by atoms with Crippen LogP contribution < -0.4 is 10.1 Å². The molecule has 1 aromatic heterocycles. The first-order chi connectivity index (χ1) is 11.5. The molecule has 0 aliphatic carbocycles. The van der Waals surface area contributed by atoms with E-state index in [4.69, 9.17) is 16.3 Å². The van der Waals surface area contributed by atoms with Crippen LogP contribution in [0.25, 0.3) is 0 Å². The number of anilines is 1. The third-order valence-electron chi connectivity index (χ3n) is 3.23. The smallest absolute Gasteiger partial charge is 0.293 e. The SMILES string of the molecule is CCCCCOc1cc(NCc2cnc(Cl)s2)c([N+](=O)[O-])cc1Br. The highest BCUT2D eigenvalue weighted by molar-refractivity contribution is 9.10. The molecule has 24 heavy (non-hydrogen) atoms. The van der Waals surface area contributed by atoms with Crippen molar-refractivity contribution in [1.29, 1.82) is 0 Å². The van der Waals surface area contributed by atoms with Gasteiger partial charge in [0.2, 0.25) is 0 Å². The number of hydrogen-bond acceptors (Lipinski definition) is 6. The number of nitro benzene ring substituents is 1. The average Bonchev–Trinajstić information content (AvgIpc) is 2.96. The molecule has 9 heteroatoms. The van der Waals surface area contributed by atoms with E-state index < -0.39 is 4.92 Å². The van der Waals surface area contributed by atoms with Crippen molar-refractivity contribution >= 4 is 50.2 Å². The highest BCUT2D eigenvalue weighted by Crippen LogP contribution is 2.36. The molecule has 1 aromatic carbocycles. The van der Waals surface area contributed by atoms with E-state index in [9.17, 15) is 10.1 Å². The lowest BCUT2D eigenvalue weighted by atomic mass is 10.2. The highest BCUT2D eigenvalue weighted by atomic mass is 79.9. The summed E-state index contributed by atoms with van der Waals surface area (Å²) in [6.07, 6.45) is 4.78. The Balaban J connectivity index is 2.14. The molecule has 6 nitrogen and oxygen atoms in total. The zero-order valence-electron chi connectivity index (χ0n) is 13.1. The minimum atomic E-state index is -0.423.